The Bertz CT molecular complexity index is 1290. The molecule has 6 rings (SSSR count). The van der Waals surface area contributed by atoms with Crippen LogP contribution in [0.2, 0.25) is 0 Å². The van der Waals surface area contributed by atoms with Crippen molar-refractivity contribution in [2.24, 2.45) is 45.3 Å². The molecule has 0 saturated heterocycles. The molecule has 0 aromatic rings. The molecule has 11 atom stereocenters. The summed E-state index contributed by atoms with van der Waals surface area (Å²) < 4.78 is 45.1. The summed E-state index contributed by atoms with van der Waals surface area (Å²) in [6.07, 6.45) is 1.52. The zero-order valence-corrected chi connectivity index (χ0v) is 24.8. The Morgan fingerprint density at radius 1 is 1.10 bits per heavy atom. The van der Waals surface area contributed by atoms with Crippen LogP contribution >= 0.6 is 0 Å². The highest BCUT2D eigenvalue weighted by Gasteiger charge is 2.78. The number of carboxylic acids is 1. The van der Waals surface area contributed by atoms with E-state index in [0.29, 0.717) is 5.92 Å². The van der Waals surface area contributed by atoms with Crippen LogP contribution in [0.3, 0.4) is 0 Å². The summed E-state index contributed by atoms with van der Waals surface area (Å²) in [5.74, 6) is -4.48. The van der Waals surface area contributed by atoms with Crippen LogP contribution in [0.4, 0.5) is 13.6 Å². The van der Waals surface area contributed by atoms with E-state index in [9.17, 15) is 24.6 Å². The normalized spacial score (nSPS) is 51.2. The fraction of sp³-hybridized carbons (Fsp3) is 0.781. The molecule has 2 bridgehead atoms. The number of hydrogen-bond acceptors (Lipinski definition) is 6. The van der Waals surface area contributed by atoms with Gasteiger partial charge in [0.15, 0.2) is 11.5 Å². The number of carboxylic acid groups (broad SMARTS) is 1. The van der Waals surface area contributed by atoms with Crippen molar-refractivity contribution in [1.29, 1.82) is 0 Å². The zero-order valence-electron chi connectivity index (χ0n) is 24.8. The van der Waals surface area contributed by atoms with E-state index in [2.05, 4.69) is 20.8 Å². The number of carbonyl (C=O) groups excluding carboxylic acids is 2. The molecule has 9 heteroatoms. The van der Waals surface area contributed by atoms with Crippen LogP contribution in [0.25, 0.3) is 0 Å². The van der Waals surface area contributed by atoms with Crippen LogP contribution < -0.4 is 0 Å². The van der Waals surface area contributed by atoms with Crippen molar-refractivity contribution < 1.29 is 42.9 Å². The first-order valence-corrected chi connectivity index (χ1v) is 15.0. The van der Waals surface area contributed by atoms with Gasteiger partial charge in [-0.05, 0) is 62.5 Å². The monoisotopic (exact) mass is 576 g/mol. The van der Waals surface area contributed by atoms with Gasteiger partial charge in [-0.3, -0.25) is 4.79 Å². The number of aliphatic hydroxyl groups is 1. The summed E-state index contributed by atoms with van der Waals surface area (Å²) in [6.45, 7) is 11.0. The minimum atomic E-state index is -2.34. The summed E-state index contributed by atoms with van der Waals surface area (Å²) in [5, 5.41) is 22.3. The first-order valence-electron chi connectivity index (χ1n) is 15.0. The van der Waals surface area contributed by atoms with Crippen molar-refractivity contribution in [2.75, 3.05) is 0 Å². The van der Waals surface area contributed by atoms with Gasteiger partial charge < -0.3 is 19.7 Å². The van der Waals surface area contributed by atoms with Gasteiger partial charge >= 0.3 is 12.1 Å². The molecule has 4 saturated carbocycles. The number of aliphatic hydroxyl groups excluding tert-OH is 1. The molecular formula is C32H42F2O7. The molecule has 0 radical (unpaired) electrons. The van der Waals surface area contributed by atoms with Crippen LogP contribution in [-0.4, -0.2) is 51.6 Å². The molecule has 41 heavy (non-hydrogen) atoms. The molecule has 2 N–H and O–H groups in total. The summed E-state index contributed by atoms with van der Waals surface area (Å²) in [5.41, 5.74) is -7.89. The molecular weight excluding hydrogens is 534 g/mol. The lowest BCUT2D eigenvalue weighted by molar-refractivity contribution is -0.228. The van der Waals surface area contributed by atoms with E-state index >= 15 is 8.78 Å². The number of carbonyl (C=O) groups is 3. The summed E-state index contributed by atoms with van der Waals surface area (Å²) >= 11 is 0. The molecule has 0 spiro atoms. The number of aliphatic carboxylic acids is 1. The number of halogens is 2. The molecule has 226 valence electrons. The molecule has 4 fully saturated rings. The van der Waals surface area contributed by atoms with Crippen LogP contribution in [0.5, 0.6) is 0 Å². The molecule has 6 aliphatic rings. The number of hydrogen-bond donors (Lipinski definition) is 2. The second kappa shape index (κ2) is 8.42. The van der Waals surface area contributed by atoms with Gasteiger partial charge in [0.2, 0.25) is 5.60 Å². The topological polar surface area (TPSA) is 110 Å². The Kier molecular flexibility index (Phi) is 5.91. The number of ketones is 1. The number of rotatable bonds is 3. The van der Waals surface area contributed by atoms with Gasteiger partial charge in [-0.2, -0.15) is 0 Å². The second-order valence-electron chi connectivity index (χ2n) is 15.3. The number of fused-ring (bicyclic) bond motifs is 7. The highest BCUT2D eigenvalue weighted by molar-refractivity contribution is 5.93. The smallest absolute Gasteiger partial charge is 0.478 e. The van der Waals surface area contributed by atoms with Crippen LogP contribution in [-0.2, 0) is 19.1 Å². The molecule has 7 nitrogen and oxygen atoms in total. The molecule has 6 aliphatic carbocycles. The summed E-state index contributed by atoms with van der Waals surface area (Å²) in [7, 11) is 0. The van der Waals surface area contributed by atoms with Crippen molar-refractivity contribution in [3.8, 4) is 0 Å². The lowest BCUT2D eigenvalue weighted by atomic mass is 9.45. The Labute approximate surface area is 239 Å². The van der Waals surface area contributed by atoms with Crippen molar-refractivity contribution in [3.05, 3.63) is 23.6 Å². The number of allylic oxidation sites excluding steroid dienone is 4. The summed E-state index contributed by atoms with van der Waals surface area (Å²) in [6, 6.07) is 0. The maximum absolute atomic E-state index is 17.5. The maximum Gasteiger partial charge on any atom is 0.509 e. The highest BCUT2D eigenvalue weighted by Crippen LogP contribution is 2.72. The van der Waals surface area contributed by atoms with E-state index in [1.165, 1.54) is 19.1 Å². The van der Waals surface area contributed by atoms with E-state index < -0.39 is 70.0 Å². The van der Waals surface area contributed by atoms with Crippen molar-refractivity contribution in [3.63, 3.8) is 0 Å². The van der Waals surface area contributed by atoms with Crippen molar-refractivity contribution >= 4 is 17.9 Å². The van der Waals surface area contributed by atoms with E-state index in [1.807, 2.05) is 0 Å². The number of ether oxygens (including phenoxy) is 2. The van der Waals surface area contributed by atoms with Crippen LogP contribution in [0, 0.1) is 45.3 Å². The van der Waals surface area contributed by atoms with Crippen LogP contribution in [0.1, 0.15) is 86.5 Å². The Morgan fingerprint density at radius 2 is 1.78 bits per heavy atom. The van der Waals surface area contributed by atoms with Gasteiger partial charge in [0.1, 0.15) is 11.9 Å². The average Bonchev–Trinajstić information content (AvgIpc) is 3.44. The Balaban J connectivity index is 1.37. The van der Waals surface area contributed by atoms with Crippen molar-refractivity contribution in [1.82, 2.24) is 0 Å². The Morgan fingerprint density at radius 3 is 2.39 bits per heavy atom. The van der Waals surface area contributed by atoms with Gasteiger partial charge in [-0.15, -0.1) is 0 Å². The fourth-order valence-corrected chi connectivity index (χ4v) is 11.0. The number of alkyl halides is 1. The van der Waals surface area contributed by atoms with Crippen molar-refractivity contribution in [2.45, 2.75) is 110 Å². The predicted octanol–water partition coefficient (Wildman–Crippen LogP) is 6.09. The van der Waals surface area contributed by atoms with Gasteiger partial charge in [0, 0.05) is 46.3 Å². The van der Waals surface area contributed by atoms with Gasteiger partial charge in [0.25, 0.3) is 0 Å². The van der Waals surface area contributed by atoms with E-state index in [4.69, 9.17) is 9.47 Å². The first-order chi connectivity index (χ1) is 18.9. The molecule has 0 aliphatic heterocycles. The third kappa shape index (κ3) is 3.30. The van der Waals surface area contributed by atoms with Gasteiger partial charge in [0.05, 0.1) is 6.10 Å². The summed E-state index contributed by atoms with van der Waals surface area (Å²) in [4.78, 5) is 38.8. The lowest BCUT2D eigenvalue weighted by Crippen LogP contribution is -2.69. The fourth-order valence-electron chi connectivity index (χ4n) is 11.0. The third-order valence-electron chi connectivity index (χ3n) is 13.1. The largest absolute Gasteiger partial charge is 0.509 e. The van der Waals surface area contributed by atoms with E-state index in [1.54, 1.807) is 13.8 Å². The second-order valence-corrected chi connectivity index (χ2v) is 15.3. The van der Waals surface area contributed by atoms with Gasteiger partial charge in [-0.1, -0.05) is 40.7 Å². The first kappa shape index (κ1) is 28.8. The molecule has 0 heterocycles. The Hall–Kier alpha value is -2.29. The zero-order chi connectivity index (χ0) is 30.1. The van der Waals surface area contributed by atoms with Gasteiger partial charge in [-0.25, -0.2) is 18.4 Å². The minimum absolute atomic E-state index is 0.0451. The average molecular weight is 577 g/mol. The quantitative estimate of drug-likeness (QED) is 0.391. The van der Waals surface area contributed by atoms with Crippen LogP contribution in [0.15, 0.2) is 23.6 Å². The highest BCUT2D eigenvalue weighted by atomic mass is 19.1. The standard InChI is InChI=1S/C32H42F2O7/c1-16-11-19-20-13-22(33)21-12-18(35)8-10-29(21,5)31(20,34)23(36)15-30(19,6)32(16,25(37)38)41-26(39)40-24-27(2,3)17-7-9-28(24,4)14-17/h8,10,16-17,19-20,23-24,36H,7,9,11-15H2,1-6H3,(H,37,38)/t16-,17+,19+,20+,23+,24+,28-,29+,30+,31+,32+/m1/s1. The predicted molar refractivity (Wildman–Crippen MR) is 144 cm³/mol. The third-order valence-corrected chi connectivity index (χ3v) is 13.1. The van der Waals surface area contributed by atoms with E-state index in [0.717, 1.165) is 19.3 Å². The molecule has 0 aromatic carbocycles. The SMILES string of the molecule is C[C@@H]1C[C@H]2[C@@H]3CC(F)=C4CC(=O)C=C[C@]4(C)[C@@]3(F)[C@@H](O)C[C@]2(C)[C@@]1(OC(=O)O[C@H]1C(C)(C)[C@H]2CC[C@]1(C)C2)C(=O)O. The lowest BCUT2D eigenvalue weighted by Gasteiger charge is -2.61. The molecule has 0 unspecified atom stereocenters. The molecule has 0 aromatic heterocycles. The minimum Gasteiger partial charge on any atom is -0.478 e. The maximum atomic E-state index is 17.5. The molecule has 0 amide bonds. The van der Waals surface area contributed by atoms with E-state index in [-0.39, 0.29) is 47.9 Å².